The molecule has 126 valence electrons. The molecule has 1 aromatic rings. The van der Waals surface area contributed by atoms with E-state index in [1.54, 1.807) is 7.11 Å². The standard InChI is InChI=1S/C18H27N3O2/c1-5-20-10-15-16(11-20)21(7-6-17(15)23-4)18(22)14-8-12(2)19-13(3)9-14/h8-9,15-17H,5-7,10-11H2,1-4H3/t15-,16+,17+/m0/s1. The molecule has 3 heterocycles. The Labute approximate surface area is 138 Å². The van der Waals surface area contributed by atoms with Crippen LogP contribution in [0.25, 0.3) is 0 Å². The highest BCUT2D eigenvalue weighted by molar-refractivity contribution is 5.94. The van der Waals surface area contributed by atoms with Crippen LogP contribution in [0, 0.1) is 19.8 Å². The number of pyridine rings is 1. The van der Waals surface area contributed by atoms with Crippen molar-refractivity contribution in [3.05, 3.63) is 29.1 Å². The van der Waals surface area contributed by atoms with Gasteiger partial charge >= 0.3 is 0 Å². The van der Waals surface area contributed by atoms with E-state index in [9.17, 15) is 4.79 Å². The number of likely N-dealkylation sites (tertiary alicyclic amines) is 2. The topological polar surface area (TPSA) is 45.7 Å². The van der Waals surface area contributed by atoms with Crippen molar-refractivity contribution in [1.82, 2.24) is 14.8 Å². The molecule has 3 rings (SSSR count). The Morgan fingerprint density at radius 2 is 2.00 bits per heavy atom. The summed E-state index contributed by atoms with van der Waals surface area (Å²) in [6, 6.07) is 4.06. The fourth-order valence-corrected chi connectivity index (χ4v) is 4.16. The van der Waals surface area contributed by atoms with Gasteiger partial charge in [0.15, 0.2) is 0 Å². The molecule has 0 radical (unpaired) electrons. The lowest BCUT2D eigenvalue weighted by molar-refractivity contribution is -0.0156. The maximum absolute atomic E-state index is 13.1. The van der Waals surface area contributed by atoms with Gasteiger partial charge in [0.25, 0.3) is 5.91 Å². The normalized spacial score (nSPS) is 28.0. The van der Waals surface area contributed by atoms with E-state index in [2.05, 4.69) is 21.7 Å². The summed E-state index contributed by atoms with van der Waals surface area (Å²) in [4.78, 5) is 22.0. The number of ether oxygens (including phenoxy) is 1. The van der Waals surface area contributed by atoms with Crippen molar-refractivity contribution in [2.75, 3.05) is 33.3 Å². The summed E-state index contributed by atoms with van der Waals surface area (Å²) >= 11 is 0. The molecule has 0 bridgehead atoms. The summed E-state index contributed by atoms with van der Waals surface area (Å²) in [5.41, 5.74) is 2.57. The lowest BCUT2D eigenvalue weighted by atomic mass is 9.88. The Morgan fingerprint density at radius 3 is 2.61 bits per heavy atom. The molecule has 0 N–H and O–H groups in total. The van der Waals surface area contributed by atoms with Crippen LogP contribution >= 0.6 is 0 Å². The van der Waals surface area contributed by atoms with Crippen LogP contribution in [0.1, 0.15) is 35.1 Å². The lowest BCUT2D eigenvalue weighted by Crippen LogP contribution is -2.53. The predicted molar refractivity (Wildman–Crippen MR) is 89.6 cm³/mol. The minimum atomic E-state index is 0.140. The van der Waals surface area contributed by atoms with Gasteiger partial charge in [-0.05, 0) is 38.9 Å². The molecule has 2 fully saturated rings. The third kappa shape index (κ3) is 3.12. The first kappa shape index (κ1) is 16.4. The number of piperidine rings is 1. The number of amides is 1. The first-order valence-corrected chi connectivity index (χ1v) is 8.55. The Bertz CT molecular complexity index is 569. The Hall–Kier alpha value is -1.46. The molecule has 0 saturated carbocycles. The average molecular weight is 317 g/mol. The second-order valence-electron chi connectivity index (χ2n) is 6.78. The van der Waals surface area contributed by atoms with Gasteiger partial charge in [-0.3, -0.25) is 9.78 Å². The number of carbonyl (C=O) groups excluding carboxylic acids is 1. The number of rotatable bonds is 3. The van der Waals surface area contributed by atoms with Crippen LogP contribution in [-0.4, -0.2) is 66.1 Å². The van der Waals surface area contributed by atoms with E-state index in [-0.39, 0.29) is 18.1 Å². The quantitative estimate of drug-likeness (QED) is 0.854. The molecule has 1 amide bonds. The van der Waals surface area contributed by atoms with Gasteiger partial charge in [-0.1, -0.05) is 6.92 Å². The van der Waals surface area contributed by atoms with Crippen molar-refractivity contribution >= 4 is 5.91 Å². The summed E-state index contributed by atoms with van der Waals surface area (Å²) in [5, 5.41) is 0. The summed E-state index contributed by atoms with van der Waals surface area (Å²) < 4.78 is 5.70. The van der Waals surface area contributed by atoms with Gasteiger partial charge in [0, 0.05) is 49.6 Å². The number of carbonyl (C=O) groups is 1. The van der Waals surface area contributed by atoms with Gasteiger partial charge in [0.05, 0.1) is 12.1 Å². The number of methoxy groups -OCH3 is 1. The summed E-state index contributed by atoms with van der Waals surface area (Å²) in [5.74, 6) is 0.558. The molecule has 5 heteroatoms. The molecule has 0 aliphatic carbocycles. The Kier molecular flexibility index (Phi) is 4.69. The lowest BCUT2D eigenvalue weighted by Gasteiger charge is -2.41. The van der Waals surface area contributed by atoms with Crippen molar-refractivity contribution in [2.24, 2.45) is 5.92 Å². The molecule has 0 unspecified atom stereocenters. The minimum absolute atomic E-state index is 0.140. The van der Waals surface area contributed by atoms with Crippen LogP contribution in [0.15, 0.2) is 12.1 Å². The predicted octanol–water partition coefficient (Wildman–Crippen LogP) is 1.88. The van der Waals surface area contributed by atoms with E-state index in [1.165, 1.54) is 0 Å². The highest BCUT2D eigenvalue weighted by atomic mass is 16.5. The number of hydrogen-bond acceptors (Lipinski definition) is 4. The van der Waals surface area contributed by atoms with E-state index in [1.807, 2.05) is 26.0 Å². The van der Waals surface area contributed by atoms with Crippen molar-refractivity contribution in [2.45, 2.75) is 39.3 Å². The fourth-order valence-electron chi connectivity index (χ4n) is 4.16. The molecule has 23 heavy (non-hydrogen) atoms. The van der Waals surface area contributed by atoms with E-state index in [0.29, 0.717) is 5.92 Å². The number of nitrogens with zero attached hydrogens (tertiary/aromatic N) is 3. The third-order valence-electron chi connectivity index (χ3n) is 5.28. The molecule has 5 nitrogen and oxygen atoms in total. The Morgan fingerprint density at radius 1 is 1.30 bits per heavy atom. The molecular weight excluding hydrogens is 290 g/mol. The molecule has 0 spiro atoms. The molecular formula is C18H27N3O2. The minimum Gasteiger partial charge on any atom is -0.381 e. The first-order valence-electron chi connectivity index (χ1n) is 8.55. The zero-order valence-electron chi connectivity index (χ0n) is 14.6. The fraction of sp³-hybridized carbons (Fsp3) is 0.667. The maximum atomic E-state index is 13.1. The van der Waals surface area contributed by atoms with Gasteiger partial charge in [0.2, 0.25) is 0 Å². The largest absolute Gasteiger partial charge is 0.381 e. The Balaban J connectivity index is 1.85. The van der Waals surface area contributed by atoms with Gasteiger partial charge in [-0.25, -0.2) is 0 Å². The first-order chi connectivity index (χ1) is 11.0. The number of hydrogen-bond donors (Lipinski definition) is 0. The zero-order chi connectivity index (χ0) is 16.6. The molecule has 3 atom stereocenters. The number of likely N-dealkylation sites (N-methyl/N-ethyl adjacent to an activating group) is 1. The van der Waals surface area contributed by atoms with Crippen LogP contribution in [-0.2, 0) is 4.74 Å². The smallest absolute Gasteiger partial charge is 0.254 e. The maximum Gasteiger partial charge on any atom is 0.254 e. The summed E-state index contributed by atoms with van der Waals surface area (Å²) in [6.07, 6.45) is 1.19. The molecule has 0 aromatic carbocycles. The van der Waals surface area contributed by atoms with Crippen molar-refractivity contribution in [3.63, 3.8) is 0 Å². The van der Waals surface area contributed by atoms with Crippen LogP contribution < -0.4 is 0 Å². The molecule has 2 aliphatic rings. The SMILES string of the molecule is CCN1C[C@H]2[C@@H](C1)N(C(=O)c1cc(C)nc(C)c1)CC[C@H]2OC. The number of aromatic nitrogens is 1. The highest BCUT2D eigenvalue weighted by Gasteiger charge is 2.45. The zero-order valence-corrected chi connectivity index (χ0v) is 14.6. The summed E-state index contributed by atoms with van der Waals surface area (Å²) in [7, 11) is 1.80. The highest BCUT2D eigenvalue weighted by Crippen LogP contribution is 2.33. The van der Waals surface area contributed by atoms with Crippen molar-refractivity contribution < 1.29 is 9.53 Å². The monoisotopic (exact) mass is 317 g/mol. The average Bonchev–Trinajstić information content (AvgIpc) is 2.96. The van der Waals surface area contributed by atoms with Gasteiger partial charge in [0.1, 0.15) is 0 Å². The number of aryl methyl sites for hydroxylation is 2. The molecule has 2 aliphatic heterocycles. The second kappa shape index (κ2) is 6.57. The molecule has 2 saturated heterocycles. The molecule has 1 aromatic heterocycles. The van der Waals surface area contributed by atoms with Crippen LogP contribution in [0.4, 0.5) is 0 Å². The van der Waals surface area contributed by atoms with Crippen LogP contribution in [0.2, 0.25) is 0 Å². The van der Waals surface area contributed by atoms with Crippen LogP contribution in [0.3, 0.4) is 0 Å². The van der Waals surface area contributed by atoms with E-state index in [4.69, 9.17) is 4.74 Å². The van der Waals surface area contributed by atoms with E-state index < -0.39 is 0 Å². The van der Waals surface area contributed by atoms with Gasteiger partial charge < -0.3 is 14.5 Å². The number of fused-ring (bicyclic) bond motifs is 1. The van der Waals surface area contributed by atoms with Crippen LogP contribution in [0.5, 0.6) is 0 Å². The summed E-state index contributed by atoms with van der Waals surface area (Å²) in [6.45, 7) is 9.85. The van der Waals surface area contributed by atoms with E-state index in [0.717, 1.165) is 49.6 Å². The van der Waals surface area contributed by atoms with Crippen molar-refractivity contribution in [3.8, 4) is 0 Å². The van der Waals surface area contributed by atoms with Crippen molar-refractivity contribution in [1.29, 1.82) is 0 Å². The van der Waals surface area contributed by atoms with Gasteiger partial charge in [-0.15, -0.1) is 0 Å². The third-order valence-corrected chi connectivity index (χ3v) is 5.28. The van der Waals surface area contributed by atoms with E-state index >= 15 is 0 Å². The van der Waals surface area contributed by atoms with Gasteiger partial charge in [-0.2, -0.15) is 0 Å². The second-order valence-corrected chi connectivity index (χ2v) is 6.78.